The highest BCUT2D eigenvalue weighted by atomic mass is 35.5. The van der Waals surface area contributed by atoms with Crippen LogP contribution in [0.25, 0.3) is 29.7 Å². The normalized spacial score (nSPS) is 12.3. The number of primary sulfonamides is 1. The average Bonchev–Trinajstić information content (AvgIpc) is 3.39. The fourth-order valence-corrected chi connectivity index (χ4v) is 4.16. The molecule has 0 atom stereocenters. The van der Waals surface area contributed by atoms with Gasteiger partial charge in [-0.3, -0.25) is 9.89 Å². The fourth-order valence-electron chi connectivity index (χ4n) is 3.45. The molecule has 0 saturated heterocycles. The van der Waals surface area contributed by atoms with Gasteiger partial charge in [0, 0.05) is 5.56 Å². The van der Waals surface area contributed by atoms with Gasteiger partial charge in [0.05, 0.1) is 37.8 Å². The molecule has 0 aliphatic carbocycles. The van der Waals surface area contributed by atoms with Crippen LogP contribution >= 0.6 is 11.6 Å². The summed E-state index contributed by atoms with van der Waals surface area (Å²) in [6, 6.07) is 13.8. The van der Waals surface area contributed by atoms with Gasteiger partial charge >= 0.3 is 5.97 Å². The van der Waals surface area contributed by atoms with Gasteiger partial charge in [-0.1, -0.05) is 18.2 Å². The van der Waals surface area contributed by atoms with Gasteiger partial charge in [0.1, 0.15) is 11.5 Å². The summed E-state index contributed by atoms with van der Waals surface area (Å²) in [6.07, 6.45) is 1.24. The molecule has 0 amide bonds. The molecule has 0 spiro atoms. The Morgan fingerprint density at radius 2 is 1.86 bits per heavy atom. The molecule has 36 heavy (non-hydrogen) atoms. The summed E-state index contributed by atoms with van der Waals surface area (Å²) in [6.45, 7) is 7.37. The molecule has 0 radical (unpaired) electrons. The van der Waals surface area contributed by atoms with E-state index in [1.807, 2.05) is 0 Å². The first kappa shape index (κ1) is 25.2. The number of aromatic amines is 1. The third-order valence-corrected chi connectivity index (χ3v) is 6.41. The Morgan fingerprint density at radius 1 is 1.17 bits per heavy atom. The number of carbonyl (C=O) groups is 1. The number of carbonyl (C=O) groups excluding carboxylic acids is 1. The molecule has 4 rings (SSSR count). The van der Waals surface area contributed by atoms with Crippen LogP contribution in [0.3, 0.4) is 0 Å². The van der Waals surface area contributed by atoms with E-state index in [0.29, 0.717) is 28.1 Å². The maximum Gasteiger partial charge on any atom is 0.339 e. The molecule has 0 bridgehead atoms. The predicted molar refractivity (Wildman–Crippen MR) is 136 cm³/mol. The Hall–Kier alpha value is -3.86. The lowest BCUT2D eigenvalue weighted by Crippen LogP contribution is -2.33. The first-order valence-corrected chi connectivity index (χ1v) is 12.6. The van der Waals surface area contributed by atoms with E-state index in [1.165, 1.54) is 35.0 Å². The van der Waals surface area contributed by atoms with Gasteiger partial charge in [-0.2, -0.15) is 0 Å². The number of aromatic nitrogens is 2. The second-order valence-corrected chi connectivity index (χ2v) is 10.1. The largest absolute Gasteiger partial charge is 0.459 e. The lowest BCUT2D eigenvalue weighted by molar-refractivity contribution is 0.0378. The number of rotatable bonds is 6. The highest BCUT2D eigenvalue weighted by Crippen LogP contribution is 2.27. The summed E-state index contributed by atoms with van der Waals surface area (Å²) in [5.41, 5.74) is 0.809. The predicted octanol–water partition coefficient (Wildman–Crippen LogP) is 2.53. The minimum Gasteiger partial charge on any atom is -0.459 e. The van der Waals surface area contributed by atoms with Crippen molar-refractivity contribution < 1.29 is 22.4 Å². The molecule has 2 aromatic carbocycles. The van der Waals surface area contributed by atoms with Gasteiger partial charge in [0.15, 0.2) is 0 Å². The van der Waals surface area contributed by atoms with E-state index in [9.17, 15) is 18.0 Å². The zero-order chi connectivity index (χ0) is 26.2. The molecule has 3 N–H and O–H groups in total. The van der Waals surface area contributed by atoms with Crippen molar-refractivity contribution in [3.05, 3.63) is 91.9 Å². The number of nitrogens with zero attached hydrogens (tertiary/aromatic N) is 1. The highest BCUT2D eigenvalue weighted by molar-refractivity contribution is 7.89. The summed E-state index contributed by atoms with van der Waals surface area (Å²) >= 11 is 6.17. The number of sulfonamides is 1. The number of halogens is 1. The average molecular weight is 528 g/mol. The Labute approximate surface area is 211 Å². The van der Waals surface area contributed by atoms with E-state index in [4.69, 9.17) is 25.9 Å². The van der Waals surface area contributed by atoms with E-state index in [2.05, 4.69) is 11.7 Å². The van der Waals surface area contributed by atoms with Crippen molar-refractivity contribution in [2.75, 3.05) is 0 Å². The smallest absolute Gasteiger partial charge is 0.339 e. The van der Waals surface area contributed by atoms with Crippen LogP contribution in [0, 0.1) is 0 Å². The van der Waals surface area contributed by atoms with Gasteiger partial charge in [-0.15, -0.1) is 0 Å². The zero-order valence-electron chi connectivity index (χ0n) is 19.3. The topological polar surface area (TPSA) is 137 Å². The maximum absolute atomic E-state index is 13.0. The number of nitrogens with one attached hydrogen (secondary N) is 1. The van der Waals surface area contributed by atoms with E-state index in [-0.39, 0.29) is 26.8 Å². The summed E-state index contributed by atoms with van der Waals surface area (Å²) in [7, 11) is -3.85. The number of H-pyrrole nitrogens is 1. The van der Waals surface area contributed by atoms with Crippen LogP contribution in [0.1, 0.15) is 30.0 Å². The highest BCUT2D eigenvalue weighted by Gasteiger charge is 2.16. The zero-order valence-corrected chi connectivity index (χ0v) is 20.9. The van der Waals surface area contributed by atoms with Crippen molar-refractivity contribution in [3.8, 4) is 17.0 Å². The monoisotopic (exact) mass is 527 g/mol. The number of ether oxygens (including phenoxy) is 1. The summed E-state index contributed by atoms with van der Waals surface area (Å²) < 4.78 is 35.3. The molecule has 0 aliphatic heterocycles. The van der Waals surface area contributed by atoms with Crippen LogP contribution < -0.4 is 21.3 Å². The molecule has 0 aliphatic rings. The molecule has 9 nitrogen and oxygen atoms in total. The number of hydrogen-bond acceptors (Lipinski definition) is 6. The summed E-state index contributed by atoms with van der Waals surface area (Å²) in [5.74, 6) is 0.294. The van der Waals surface area contributed by atoms with Gasteiger partial charge in [-0.25, -0.2) is 23.0 Å². The van der Waals surface area contributed by atoms with Crippen molar-refractivity contribution in [2.24, 2.45) is 5.14 Å². The standard InChI is InChI=1S/C25H22ClN3O6S/c1-14(2)34-25(31)21-12-16(4-10-22(21)26)23-11-7-18(35-23)13-20-15(3)28-29(24(20)30)17-5-8-19(9-6-17)36(27,32)33/h4-14,28H,3H2,1-2H3,(H2,27,32,33)/b20-13+. The Morgan fingerprint density at radius 3 is 2.50 bits per heavy atom. The van der Waals surface area contributed by atoms with Gasteiger partial charge < -0.3 is 9.15 Å². The van der Waals surface area contributed by atoms with E-state index < -0.39 is 21.6 Å². The van der Waals surface area contributed by atoms with E-state index in [1.54, 1.807) is 44.2 Å². The second kappa shape index (κ2) is 9.65. The van der Waals surface area contributed by atoms with E-state index >= 15 is 0 Å². The second-order valence-electron chi connectivity index (χ2n) is 8.18. The van der Waals surface area contributed by atoms with Crippen molar-refractivity contribution in [3.63, 3.8) is 0 Å². The lowest BCUT2D eigenvalue weighted by atomic mass is 10.1. The number of esters is 1. The maximum atomic E-state index is 13.0. The van der Waals surface area contributed by atoms with Crippen LogP contribution in [0.15, 0.2) is 68.7 Å². The van der Waals surface area contributed by atoms with Gasteiger partial charge in [0.25, 0.3) is 5.56 Å². The van der Waals surface area contributed by atoms with Crippen molar-refractivity contribution >= 4 is 40.2 Å². The number of nitrogens with two attached hydrogens (primary N) is 1. The molecular formula is C25H22ClN3O6S. The van der Waals surface area contributed by atoms with Crippen molar-refractivity contribution in [2.45, 2.75) is 24.8 Å². The molecule has 0 saturated carbocycles. The molecule has 0 unspecified atom stereocenters. The Kier molecular flexibility index (Phi) is 6.77. The van der Waals surface area contributed by atoms with Crippen LogP contribution in [0.5, 0.6) is 0 Å². The van der Waals surface area contributed by atoms with Gasteiger partial charge in [0.2, 0.25) is 10.0 Å². The molecule has 2 aromatic heterocycles. The molecule has 2 heterocycles. The first-order chi connectivity index (χ1) is 16.9. The van der Waals surface area contributed by atoms with Crippen molar-refractivity contribution in [1.82, 2.24) is 9.78 Å². The minimum atomic E-state index is -3.85. The fraction of sp³-hybridized carbons (Fsp3) is 0.120. The third kappa shape index (κ3) is 5.20. The first-order valence-electron chi connectivity index (χ1n) is 10.7. The molecule has 186 valence electrons. The molecule has 0 fully saturated rings. The van der Waals surface area contributed by atoms with E-state index in [0.717, 1.165) is 0 Å². The van der Waals surface area contributed by atoms with Crippen LogP contribution in [0.2, 0.25) is 5.02 Å². The molecular weight excluding hydrogens is 506 g/mol. The van der Waals surface area contributed by atoms with Gasteiger partial charge in [-0.05, 0) is 74.5 Å². The third-order valence-electron chi connectivity index (χ3n) is 5.16. The number of furan rings is 1. The Balaban J connectivity index is 1.68. The lowest BCUT2D eigenvalue weighted by Gasteiger charge is -2.10. The van der Waals surface area contributed by atoms with Crippen molar-refractivity contribution in [1.29, 1.82) is 0 Å². The number of hydrogen-bond donors (Lipinski definition) is 2. The quantitative estimate of drug-likeness (QED) is 0.370. The minimum absolute atomic E-state index is 0.0709. The summed E-state index contributed by atoms with van der Waals surface area (Å²) in [4.78, 5) is 25.3. The SMILES string of the molecule is C=c1[nH]n(-c2ccc(S(N)(=O)=O)cc2)c(=O)/c1=C/c1ccc(-c2ccc(Cl)c(C(=O)OC(C)C)c2)o1. The molecule has 4 aromatic rings. The van der Waals surface area contributed by atoms with Crippen LogP contribution in [-0.4, -0.2) is 30.3 Å². The summed E-state index contributed by atoms with van der Waals surface area (Å²) in [5, 5.41) is 8.83. The molecule has 11 heteroatoms. The Bertz CT molecular complexity index is 1730. The van der Waals surface area contributed by atoms with Crippen LogP contribution in [-0.2, 0) is 14.8 Å². The van der Waals surface area contributed by atoms with Crippen LogP contribution in [0.4, 0.5) is 0 Å². The number of benzene rings is 2.